The molecular formula is C17H15ClN2O3S. The molecule has 0 atom stereocenters. The molecule has 0 saturated heterocycles. The van der Waals surface area contributed by atoms with Gasteiger partial charge < -0.3 is 4.74 Å². The highest BCUT2D eigenvalue weighted by atomic mass is 35.5. The van der Waals surface area contributed by atoms with Crippen molar-refractivity contribution >= 4 is 39.1 Å². The van der Waals surface area contributed by atoms with E-state index < -0.39 is 5.97 Å². The van der Waals surface area contributed by atoms with Gasteiger partial charge in [0.1, 0.15) is 10.6 Å². The van der Waals surface area contributed by atoms with Gasteiger partial charge in [-0.1, -0.05) is 11.6 Å². The lowest BCUT2D eigenvalue weighted by Gasteiger charge is -2.09. The predicted molar refractivity (Wildman–Crippen MR) is 95.1 cm³/mol. The van der Waals surface area contributed by atoms with E-state index in [9.17, 15) is 9.59 Å². The molecule has 3 aromatic rings. The molecule has 0 N–H and O–H groups in total. The number of aryl methyl sites for hydroxylation is 3. The van der Waals surface area contributed by atoms with Crippen molar-refractivity contribution < 1.29 is 9.53 Å². The van der Waals surface area contributed by atoms with Crippen LogP contribution in [-0.2, 0) is 11.3 Å². The van der Waals surface area contributed by atoms with Crippen molar-refractivity contribution in [2.24, 2.45) is 0 Å². The number of halogens is 1. The number of thiophene rings is 1. The number of fused-ring (bicyclic) bond motifs is 1. The summed E-state index contributed by atoms with van der Waals surface area (Å²) < 4.78 is 6.76. The maximum Gasteiger partial charge on any atom is 0.312 e. The molecule has 0 saturated carbocycles. The van der Waals surface area contributed by atoms with Gasteiger partial charge in [-0.3, -0.25) is 14.2 Å². The fourth-order valence-electron chi connectivity index (χ4n) is 2.41. The molecule has 2 aromatic heterocycles. The zero-order valence-electron chi connectivity index (χ0n) is 13.2. The molecule has 0 fully saturated rings. The molecule has 0 aliphatic heterocycles. The monoisotopic (exact) mass is 362 g/mol. The third-order valence-corrected chi connectivity index (χ3v) is 5.07. The molecule has 124 valence electrons. The van der Waals surface area contributed by atoms with Gasteiger partial charge in [0, 0.05) is 11.6 Å². The summed E-state index contributed by atoms with van der Waals surface area (Å²) in [6.07, 6.45) is 1.54. The van der Waals surface area contributed by atoms with Crippen molar-refractivity contribution in [2.45, 2.75) is 26.8 Å². The molecule has 0 bridgehead atoms. The molecule has 0 radical (unpaired) electrons. The SMILES string of the molecule is Cc1cc(OC(=O)CCn2cnc3sccc3c2=O)cc(C)c1Cl. The first-order valence-electron chi connectivity index (χ1n) is 7.36. The van der Waals surface area contributed by atoms with Gasteiger partial charge in [0.15, 0.2) is 0 Å². The van der Waals surface area contributed by atoms with Crippen LogP contribution in [0.2, 0.25) is 5.02 Å². The number of carbonyl (C=O) groups is 1. The average Bonchev–Trinajstić information content (AvgIpc) is 3.01. The van der Waals surface area contributed by atoms with Gasteiger partial charge in [-0.05, 0) is 48.6 Å². The fourth-order valence-corrected chi connectivity index (χ4v) is 3.24. The minimum absolute atomic E-state index is 0.0813. The van der Waals surface area contributed by atoms with Crippen LogP contribution in [0.3, 0.4) is 0 Å². The van der Waals surface area contributed by atoms with Crippen molar-refractivity contribution in [1.29, 1.82) is 0 Å². The van der Waals surface area contributed by atoms with E-state index in [4.69, 9.17) is 16.3 Å². The van der Waals surface area contributed by atoms with Crippen LogP contribution in [-0.4, -0.2) is 15.5 Å². The molecule has 7 heteroatoms. The van der Waals surface area contributed by atoms with Gasteiger partial charge in [-0.25, -0.2) is 4.98 Å². The number of ether oxygens (including phenoxy) is 1. The summed E-state index contributed by atoms with van der Waals surface area (Å²) >= 11 is 7.51. The van der Waals surface area contributed by atoms with Crippen LogP contribution in [0.1, 0.15) is 17.5 Å². The van der Waals surface area contributed by atoms with Gasteiger partial charge in [-0.2, -0.15) is 0 Å². The summed E-state index contributed by atoms with van der Waals surface area (Å²) in [5.74, 6) is 0.0478. The van der Waals surface area contributed by atoms with E-state index in [1.807, 2.05) is 19.2 Å². The van der Waals surface area contributed by atoms with Crippen LogP contribution >= 0.6 is 22.9 Å². The number of nitrogens with zero attached hydrogens (tertiary/aromatic N) is 2. The second-order valence-electron chi connectivity index (χ2n) is 5.48. The largest absolute Gasteiger partial charge is 0.426 e. The summed E-state index contributed by atoms with van der Waals surface area (Å²) in [6, 6.07) is 5.18. The maximum atomic E-state index is 12.3. The normalized spacial score (nSPS) is 11.0. The first-order valence-corrected chi connectivity index (χ1v) is 8.61. The molecule has 0 amide bonds. The van der Waals surface area contributed by atoms with Gasteiger partial charge in [-0.15, -0.1) is 11.3 Å². The zero-order chi connectivity index (χ0) is 17.3. The van der Waals surface area contributed by atoms with Crippen molar-refractivity contribution in [2.75, 3.05) is 0 Å². The number of hydrogen-bond donors (Lipinski definition) is 0. The smallest absolute Gasteiger partial charge is 0.312 e. The molecule has 5 nitrogen and oxygen atoms in total. The Bertz CT molecular complexity index is 954. The van der Waals surface area contributed by atoms with Crippen molar-refractivity contribution in [3.63, 3.8) is 0 Å². The van der Waals surface area contributed by atoms with Gasteiger partial charge in [0.2, 0.25) is 0 Å². The molecule has 3 rings (SSSR count). The Hall–Kier alpha value is -2.18. The molecule has 0 spiro atoms. The van der Waals surface area contributed by atoms with E-state index in [1.165, 1.54) is 22.2 Å². The van der Waals surface area contributed by atoms with Crippen LogP contribution in [0.25, 0.3) is 10.2 Å². The zero-order valence-corrected chi connectivity index (χ0v) is 14.8. The summed E-state index contributed by atoms with van der Waals surface area (Å²) in [7, 11) is 0. The van der Waals surface area contributed by atoms with Gasteiger partial charge in [0.25, 0.3) is 5.56 Å². The van der Waals surface area contributed by atoms with Gasteiger partial charge >= 0.3 is 5.97 Å². The van der Waals surface area contributed by atoms with E-state index in [0.717, 1.165) is 11.1 Å². The third-order valence-electron chi connectivity index (χ3n) is 3.65. The molecule has 0 aliphatic carbocycles. The Morgan fingerprint density at radius 2 is 2.04 bits per heavy atom. The standard InChI is InChI=1S/C17H15ClN2O3S/c1-10-7-12(8-11(2)15(10)18)23-14(21)3-5-20-9-19-16-13(17(20)22)4-6-24-16/h4,6-9H,3,5H2,1-2H3. The van der Waals surface area contributed by atoms with E-state index in [2.05, 4.69) is 4.98 Å². The number of aromatic nitrogens is 2. The predicted octanol–water partition coefficient (Wildman–Crippen LogP) is 3.72. The highest BCUT2D eigenvalue weighted by Crippen LogP contribution is 2.26. The Morgan fingerprint density at radius 1 is 1.33 bits per heavy atom. The lowest BCUT2D eigenvalue weighted by molar-refractivity contribution is -0.134. The lowest BCUT2D eigenvalue weighted by Crippen LogP contribution is -2.22. The summed E-state index contributed by atoms with van der Waals surface area (Å²) in [5.41, 5.74) is 1.55. The number of hydrogen-bond acceptors (Lipinski definition) is 5. The van der Waals surface area contributed by atoms with E-state index in [1.54, 1.807) is 18.2 Å². The summed E-state index contributed by atoms with van der Waals surface area (Å²) in [4.78, 5) is 29.2. The number of carbonyl (C=O) groups excluding carboxylic acids is 1. The Morgan fingerprint density at radius 3 is 2.75 bits per heavy atom. The Balaban J connectivity index is 1.69. The minimum Gasteiger partial charge on any atom is -0.426 e. The van der Waals surface area contributed by atoms with Crippen LogP contribution in [0.15, 0.2) is 34.7 Å². The molecule has 24 heavy (non-hydrogen) atoms. The molecule has 2 heterocycles. The molecular weight excluding hydrogens is 348 g/mol. The van der Waals surface area contributed by atoms with Crippen molar-refractivity contribution in [3.8, 4) is 5.75 Å². The summed E-state index contributed by atoms with van der Waals surface area (Å²) in [5, 5.41) is 3.05. The van der Waals surface area contributed by atoms with Gasteiger partial charge in [0.05, 0.1) is 18.1 Å². The van der Waals surface area contributed by atoms with E-state index in [0.29, 0.717) is 21.0 Å². The highest BCUT2D eigenvalue weighted by molar-refractivity contribution is 7.16. The average molecular weight is 363 g/mol. The second kappa shape index (κ2) is 6.75. The number of rotatable bonds is 4. The lowest BCUT2D eigenvalue weighted by atomic mass is 10.1. The minimum atomic E-state index is -0.409. The first-order chi connectivity index (χ1) is 11.5. The molecule has 0 unspecified atom stereocenters. The highest BCUT2D eigenvalue weighted by Gasteiger charge is 2.10. The van der Waals surface area contributed by atoms with E-state index >= 15 is 0 Å². The number of benzene rings is 1. The van der Waals surface area contributed by atoms with Crippen LogP contribution in [0.4, 0.5) is 0 Å². The quantitative estimate of drug-likeness (QED) is 0.524. The van der Waals surface area contributed by atoms with Crippen LogP contribution in [0.5, 0.6) is 5.75 Å². The Labute approximate surface area is 147 Å². The Kier molecular flexibility index (Phi) is 4.69. The number of esters is 1. The first kappa shape index (κ1) is 16.7. The molecule has 1 aromatic carbocycles. The van der Waals surface area contributed by atoms with Crippen molar-refractivity contribution in [1.82, 2.24) is 9.55 Å². The maximum absolute atomic E-state index is 12.3. The fraction of sp³-hybridized carbons (Fsp3) is 0.235. The molecule has 0 aliphatic rings. The second-order valence-corrected chi connectivity index (χ2v) is 6.75. The van der Waals surface area contributed by atoms with Crippen LogP contribution < -0.4 is 10.3 Å². The van der Waals surface area contributed by atoms with Crippen molar-refractivity contribution in [3.05, 3.63) is 56.4 Å². The van der Waals surface area contributed by atoms with Crippen LogP contribution in [0, 0.1) is 13.8 Å². The summed E-state index contributed by atoms with van der Waals surface area (Å²) in [6.45, 7) is 3.93. The topological polar surface area (TPSA) is 61.2 Å². The van der Waals surface area contributed by atoms with E-state index in [-0.39, 0.29) is 18.5 Å². The third kappa shape index (κ3) is 3.34.